The van der Waals surface area contributed by atoms with Gasteiger partial charge in [0.2, 0.25) is 20.2 Å². The summed E-state index contributed by atoms with van der Waals surface area (Å²) >= 11 is 0. The van der Waals surface area contributed by atoms with Crippen LogP contribution in [-0.2, 0) is 12.3 Å². The van der Waals surface area contributed by atoms with Crippen LogP contribution in [0, 0.1) is 0 Å². The van der Waals surface area contributed by atoms with E-state index in [0.717, 1.165) is 0 Å². The largest absolute Gasteiger partial charge is 0.435 e. The Morgan fingerprint density at radius 2 is 2.11 bits per heavy atom. The van der Waals surface area contributed by atoms with Crippen molar-refractivity contribution < 1.29 is 12.3 Å². The molecule has 0 aliphatic heterocycles. The second kappa shape index (κ2) is 8.71. The number of rotatable bonds is 6. The Labute approximate surface area is 65.1 Å². The molecule has 0 atom stereocenters. The molecular weight excluding hydrogens is 186 g/mol. The summed E-state index contributed by atoms with van der Waals surface area (Å²) in [5.74, 6) is 0. The van der Waals surface area contributed by atoms with E-state index in [1.54, 1.807) is 0 Å². The molecule has 0 amide bonds. The standard InChI is InChI=1S/CH4NO3Si4/c2-1-7-4-9-5-8-3-6/h1-2H2. The molecule has 9 heavy (non-hydrogen) atoms. The van der Waals surface area contributed by atoms with E-state index in [-0.39, 0.29) is 20.0 Å². The lowest BCUT2D eigenvalue weighted by Crippen LogP contribution is -2.18. The molecule has 0 aromatic carbocycles. The highest BCUT2D eigenvalue weighted by atomic mass is 28.4. The fourth-order valence-electron chi connectivity index (χ4n) is 0.130. The molecule has 0 heterocycles. The van der Waals surface area contributed by atoms with Crippen molar-refractivity contribution in [2.45, 2.75) is 0 Å². The van der Waals surface area contributed by atoms with Crippen molar-refractivity contribution in [2.24, 2.45) is 5.73 Å². The first-order valence-corrected chi connectivity index (χ1v) is 5.14. The van der Waals surface area contributed by atoms with E-state index >= 15 is 0 Å². The van der Waals surface area contributed by atoms with Gasteiger partial charge in [-0.05, 0) is 0 Å². The second-order valence-electron chi connectivity index (χ2n) is 0.821. The number of hydrogen-bond acceptors (Lipinski definition) is 4. The Morgan fingerprint density at radius 3 is 2.67 bits per heavy atom. The molecule has 0 unspecified atom stereocenters. The van der Waals surface area contributed by atoms with Crippen molar-refractivity contribution in [1.29, 1.82) is 0 Å². The average Bonchev–Trinajstić information content (AvgIpc) is 1.89. The normalized spacial score (nSPS) is 10.0. The summed E-state index contributed by atoms with van der Waals surface area (Å²) in [7, 11) is 3.12. The third kappa shape index (κ3) is 8.71. The molecule has 0 spiro atoms. The van der Waals surface area contributed by atoms with Gasteiger partial charge >= 0.3 is 20.0 Å². The summed E-state index contributed by atoms with van der Waals surface area (Å²) in [4.78, 5) is 0. The lowest BCUT2D eigenvalue weighted by molar-refractivity contribution is 0.438. The SMILES string of the molecule is NC[Si]O[Si]O[Si]O[Si]. The van der Waals surface area contributed by atoms with Gasteiger partial charge in [-0.3, -0.25) is 0 Å². The Bertz CT molecular complexity index is 49.1. The molecule has 8 heteroatoms. The minimum absolute atomic E-state index is 0.00931. The quantitative estimate of drug-likeness (QED) is 0.379. The van der Waals surface area contributed by atoms with Crippen molar-refractivity contribution in [2.75, 3.05) is 6.17 Å². The Kier molecular flexibility index (Phi) is 9.39. The molecule has 0 aliphatic rings. The van der Waals surface area contributed by atoms with E-state index < -0.39 is 0 Å². The fourth-order valence-corrected chi connectivity index (χ4v) is 1.92. The van der Waals surface area contributed by atoms with Crippen molar-refractivity contribution >= 4 is 40.3 Å². The monoisotopic (exact) mass is 190 g/mol. The zero-order chi connectivity index (χ0) is 6.95. The molecule has 0 aromatic heterocycles. The Hall–Kier alpha value is 0.708. The minimum Gasteiger partial charge on any atom is -0.435 e. The zero-order valence-corrected chi connectivity index (χ0v) is 8.51. The Balaban J connectivity index is 2.60. The van der Waals surface area contributed by atoms with Gasteiger partial charge in [0.15, 0.2) is 0 Å². The van der Waals surface area contributed by atoms with Crippen LogP contribution < -0.4 is 5.73 Å². The fraction of sp³-hybridized carbons (Fsp3) is 1.00. The maximum atomic E-state index is 5.14. The van der Waals surface area contributed by atoms with Crippen LogP contribution in [0.25, 0.3) is 0 Å². The van der Waals surface area contributed by atoms with Gasteiger partial charge < -0.3 is 18.1 Å². The van der Waals surface area contributed by atoms with Crippen LogP contribution in [0.3, 0.4) is 0 Å². The molecule has 0 aliphatic carbocycles. The van der Waals surface area contributed by atoms with E-state index in [0.29, 0.717) is 15.9 Å². The topological polar surface area (TPSA) is 53.7 Å². The van der Waals surface area contributed by atoms with Crippen LogP contribution in [0.5, 0.6) is 0 Å². The first kappa shape index (κ1) is 9.71. The van der Waals surface area contributed by atoms with Crippen molar-refractivity contribution in [3.8, 4) is 0 Å². The summed E-state index contributed by atoms with van der Waals surface area (Å²) in [6.45, 7) is 0. The maximum absolute atomic E-state index is 5.14. The van der Waals surface area contributed by atoms with Gasteiger partial charge in [0.05, 0.1) is 0 Å². The minimum atomic E-state index is -0.00931. The highest BCUT2D eigenvalue weighted by Crippen LogP contribution is 1.67. The van der Waals surface area contributed by atoms with Crippen LogP contribution in [-0.4, -0.2) is 46.4 Å². The Morgan fingerprint density at radius 1 is 1.33 bits per heavy atom. The van der Waals surface area contributed by atoms with Gasteiger partial charge in [0.1, 0.15) is 0 Å². The summed E-state index contributed by atoms with van der Waals surface area (Å²) in [5.41, 5.74) is 5.14. The molecule has 47 valence electrons. The highest BCUT2D eigenvalue weighted by Gasteiger charge is 1.93. The van der Waals surface area contributed by atoms with E-state index in [2.05, 4.69) is 14.6 Å². The highest BCUT2D eigenvalue weighted by molar-refractivity contribution is 6.44. The van der Waals surface area contributed by atoms with Crippen molar-refractivity contribution in [1.82, 2.24) is 0 Å². The second-order valence-corrected chi connectivity index (χ2v) is 4.30. The van der Waals surface area contributed by atoms with E-state index in [4.69, 9.17) is 14.0 Å². The number of nitrogens with two attached hydrogens (primary N) is 1. The average molecular weight is 190 g/mol. The number of hydrogen-bond donors (Lipinski definition) is 1. The summed E-state index contributed by atoms with van der Waals surface area (Å²) < 4.78 is 14.1. The smallest absolute Gasteiger partial charge is 0.411 e. The lowest BCUT2D eigenvalue weighted by atomic mass is 11.5. The van der Waals surface area contributed by atoms with E-state index in [9.17, 15) is 0 Å². The third-order valence-corrected chi connectivity index (χ3v) is 2.40. The van der Waals surface area contributed by atoms with E-state index in [1.807, 2.05) is 0 Å². The summed E-state index contributed by atoms with van der Waals surface area (Å²) in [5, 5.41) is 0. The van der Waals surface area contributed by atoms with Crippen LogP contribution >= 0.6 is 0 Å². The third-order valence-electron chi connectivity index (χ3n) is 0.322. The molecule has 2 N–H and O–H groups in total. The first-order chi connectivity index (χ1) is 4.41. The van der Waals surface area contributed by atoms with Crippen molar-refractivity contribution in [3.05, 3.63) is 0 Å². The van der Waals surface area contributed by atoms with Gasteiger partial charge in [0.25, 0.3) is 0 Å². The molecule has 9 radical (unpaired) electrons. The van der Waals surface area contributed by atoms with Crippen LogP contribution in [0.4, 0.5) is 0 Å². The molecule has 0 fully saturated rings. The van der Waals surface area contributed by atoms with Gasteiger partial charge in [-0.2, -0.15) is 0 Å². The van der Waals surface area contributed by atoms with Crippen LogP contribution in [0.1, 0.15) is 0 Å². The zero-order valence-electron chi connectivity index (χ0n) is 4.51. The van der Waals surface area contributed by atoms with Crippen molar-refractivity contribution in [3.63, 3.8) is 0 Å². The first-order valence-electron chi connectivity index (χ1n) is 1.99. The molecule has 4 nitrogen and oxygen atoms in total. The summed E-state index contributed by atoms with van der Waals surface area (Å²) in [6, 6.07) is 0. The predicted octanol–water partition coefficient (Wildman–Crippen LogP) is -2.28. The molecule has 0 rings (SSSR count). The van der Waals surface area contributed by atoms with Gasteiger partial charge in [-0.25, -0.2) is 0 Å². The van der Waals surface area contributed by atoms with E-state index in [1.165, 1.54) is 0 Å². The van der Waals surface area contributed by atoms with Gasteiger partial charge in [-0.1, -0.05) is 0 Å². The maximum Gasteiger partial charge on any atom is 0.411 e. The predicted molar refractivity (Wildman–Crippen MR) is 35.3 cm³/mol. The van der Waals surface area contributed by atoms with Crippen LogP contribution in [0.2, 0.25) is 0 Å². The lowest BCUT2D eigenvalue weighted by Gasteiger charge is -1.96. The molecule has 0 aromatic rings. The molecule has 0 saturated carbocycles. The molecular formula is CH4NO3Si4. The van der Waals surface area contributed by atoms with Crippen LogP contribution in [0.15, 0.2) is 0 Å². The molecule has 0 bridgehead atoms. The van der Waals surface area contributed by atoms with Gasteiger partial charge in [-0.15, -0.1) is 0 Å². The summed E-state index contributed by atoms with van der Waals surface area (Å²) in [6.07, 6.45) is 0.550. The molecule has 0 saturated heterocycles. The van der Waals surface area contributed by atoms with Gasteiger partial charge in [0, 0.05) is 6.17 Å².